The maximum atomic E-state index is 12.0. The second kappa shape index (κ2) is 7.47. The Morgan fingerprint density at radius 1 is 1.71 bits per heavy atom. The summed E-state index contributed by atoms with van der Waals surface area (Å²) in [5.41, 5.74) is 6.49. The Balaban J connectivity index is 1.99. The molecule has 5 nitrogen and oxygen atoms in total. The Hall–Kier alpha value is -1.53. The van der Waals surface area contributed by atoms with Gasteiger partial charge in [0.2, 0.25) is 0 Å². The van der Waals surface area contributed by atoms with Crippen LogP contribution in [0.15, 0.2) is 18.7 Å². The van der Waals surface area contributed by atoms with Gasteiger partial charge in [0.05, 0.1) is 17.3 Å². The van der Waals surface area contributed by atoms with Crippen molar-refractivity contribution >= 4 is 27.9 Å². The fourth-order valence-electron chi connectivity index (χ4n) is 2.43. The predicted octanol–water partition coefficient (Wildman–Crippen LogP) is 2.11. The number of nitrogens with one attached hydrogen (secondary N) is 1. The van der Waals surface area contributed by atoms with E-state index < -0.39 is 0 Å². The van der Waals surface area contributed by atoms with Crippen molar-refractivity contribution in [2.45, 2.75) is 12.8 Å². The van der Waals surface area contributed by atoms with Gasteiger partial charge in [-0.3, -0.25) is 4.79 Å². The number of carbonyl (C=O) groups excluding carboxylic acids is 1. The molecular formula is C15H23N3O2S. The predicted molar refractivity (Wildman–Crippen MR) is 88.1 cm³/mol. The SMILES string of the molecule is C=CCNC(=O)c1sc(N(C)CC2CCCOC2)cc1N. The van der Waals surface area contributed by atoms with E-state index in [1.807, 2.05) is 13.1 Å². The Morgan fingerprint density at radius 3 is 3.19 bits per heavy atom. The van der Waals surface area contributed by atoms with Crippen molar-refractivity contribution in [1.29, 1.82) is 0 Å². The van der Waals surface area contributed by atoms with E-state index in [4.69, 9.17) is 10.5 Å². The maximum Gasteiger partial charge on any atom is 0.263 e. The number of hydrogen-bond donors (Lipinski definition) is 2. The van der Waals surface area contributed by atoms with Crippen LogP contribution >= 0.6 is 11.3 Å². The van der Waals surface area contributed by atoms with Crippen molar-refractivity contribution in [2.24, 2.45) is 5.92 Å². The minimum atomic E-state index is -0.141. The summed E-state index contributed by atoms with van der Waals surface area (Å²) in [6.45, 7) is 6.65. The van der Waals surface area contributed by atoms with Crippen LogP contribution in [0.2, 0.25) is 0 Å². The normalized spacial score (nSPS) is 18.2. The smallest absolute Gasteiger partial charge is 0.263 e. The van der Waals surface area contributed by atoms with Crippen LogP contribution in [0.25, 0.3) is 0 Å². The molecule has 0 bridgehead atoms. The number of hydrogen-bond acceptors (Lipinski definition) is 5. The number of ether oxygens (including phenoxy) is 1. The monoisotopic (exact) mass is 309 g/mol. The fraction of sp³-hybridized carbons (Fsp3) is 0.533. The molecule has 1 aliphatic rings. The van der Waals surface area contributed by atoms with Gasteiger partial charge in [-0.25, -0.2) is 0 Å². The van der Waals surface area contributed by atoms with Gasteiger partial charge in [-0.05, 0) is 24.8 Å². The highest BCUT2D eigenvalue weighted by Crippen LogP contribution is 2.32. The first-order valence-electron chi connectivity index (χ1n) is 7.19. The molecule has 1 aromatic rings. The van der Waals surface area contributed by atoms with Crippen molar-refractivity contribution in [3.05, 3.63) is 23.6 Å². The summed E-state index contributed by atoms with van der Waals surface area (Å²) < 4.78 is 5.51. The minimum absolute atomic E-state index is 0.141. The molecule has 0 spiro atoms. The maximum absolute atomic E-state index is 12.0. The summed E-state index contributed by atoms with van der Waals surface area (Å²) in [4.78, 5) is 14.7. The third kappa shape index (κ3) is 4.22. The molecule has 0 aliphatic carbocycles. The zero-order valence-electron chi connectivity index (χ0n) is 12.4. The highest BCUT2D eigenvalue weighted by molar-refractivity contribution is 7.18. The molecule has 0 aromatic carbocycles. The van der Waals surface area contributed by atoms with Crippen molar-refractivity contribution in [3.63, 3.8) is 0 Å². The molecule has 21 heavy (non-hydrogen) atoms. The van der Waals surface area contributed by atoms with Gasteiger partial charge in [-0.2, -0.15) is 0 Å². The molecule has 0 saturated carbocycles. The van der Waals surface area contributed by atoms with Crippen LogP contribution in [-0.2, 0) is 4.74 Å². The molecule has 116 valence electrons. The van der Waals surface area contributed by atoms with Gasteiger partial charge in [0.25, 0.3) is 5.91 Å². The first kappa shape index (κ1) is 15.9. The zero-order chi connectivity index (χ0) is 15.2. The number of nitrogens with zero attached hydrogens (tertiary/aromatic N) is 1. The Labute approximate surface area is 129 Å². The quantitative estimate of drug-likeness (QED) is 0.790. The van der Waals surface area contributed by atoms with Crippen molar-refractivity contribution in [1.82, 2.24) is 5.32 Å². The Kier molecular flexibility index (Phi) is 5.64. The Bertz CT molecular complexity index is 495. The standard InChI is InChI=1S/C15H23N3O2S/c1-3-6-17-15(19)14-12(16)8-13(21-14)18(2)9-11-5-4-7-20-10-11/h3,8,11H,1,4-7,9-10,16H2,2H3,(H,17,19). The molecule has 2 rings (SSSR count). The van der Waals surface area contributed by atoms with Crippen molar-refractivity contribution < 1.29 is 9.53 Å². The van der Waals surface area contributed by atoms with Gasteiger partial charge in [0.15, 0.2) is 0 Å². The van der Waals surface area contributed by atoms with E-state index in [0.29, 0.717) is 23.0 Å². The summed E-state index contributed by atoms with van der Waals surface area (Å²) in [7, 11) is 2.03. The van der Waals surface area contributed by atoms with Crippen LogP contribution in [0.4, 0.5) is 10.7 Å². The van der Waals surface area contributed by atoms with Gasteiger partial charge in [-0.1, -0.05) is 6.08 Å². The first-order valence-corrected chi connectivity index (χ1v) is 8.00. The van der Waals surface area contributed by atoms with Gasteiger partial charge < -0.3 is 20.7 Å². The number of nitrogen functional groups attached to an aromatic ring is 1. The van der Waals surface area contributed by atoms with E-state index in [9.17, 15) is 4.79 Å². The highest BCUT2D eigenvalue weighted by Gasteiger charge is 2.19. The second-order valence-electron chi connectivity index (χ2n) is 5.33. The average Bonchev–Trinajstić information content (AvgIpc) is 2.88. The largest absolute Gasteiger partial charge is 0.397 e. The topological polar surface area (TPSA) is 67.6 Å². The van der Waals surface area contributed by atoms with Gasteiger partial charge in [0, 0.05) is 26.7 Å². The highest BCUT2D eigenvalue weighted by atomic mass is 32.1. The summed E-state index contributed by atoms with van der Waals surface area (Å²) in [6, 6.07) is 1.87. The summed E-state index contributed by atoms with van der Waals surface area (Å²) in [5.74, 6) is 0.406. The lowest BCUT2D eigenvalue weighted by atomic mass is 10.0. The van der Waals surface area contributed by atoms with Crippen molar-refractivity contribution in [2.75, 3.05) is 44.0 Å². The van der Waals surface area contributed by atoms with E-state index >= 15 is 0 Å². The molecule has 3 N–H and O–H groups in total. The van der Waals surface area contributed by atoms with Gasteiger partial charge in [0.1, 0.15) is 4.88 Å². The molecule has 1 atom stereocenters. The molecule has 0 radical (unpaired) electrons. The molecule has 1 amide bonds. The lowest BCUT2D eigenvalue weighted by molar-refractivity contribution is 0.0577. The molecule has 1 fully saturated rings. The number of rotatable bonds is 6. The molecule has 2 heterocycles. The van der Waals surface area contributed by atoms with E-state index in [0.717, 1.165) is 31.2 Å². The number of anilines is 2. The average molecular weight is 309 g/mol. The van der Waals surface area contributed by atoms with E-state index in [1.54, 1.807) is 6.08 Å². The van der Waals surface area contributed by atoms with E-state index in [2.05, 4.69) is 16.8 Å². The van der Waals surface area contributed by atoms with Crippen molar-refractivity contribution in [3.8, 4) is 0 Å². The van der Waals surface area contributed by atoms with Crippen LogP contribution in [0.5, 0.6) is 0 Å². The lowest BCUT2D eigenvalue weighted by Crippen LogP contribution is -2.30. The van der Waals surface area contributed by atoms with Gasteiger partial charge >= 0.3 is 0 Å². The number of nitrogens with two attached hydrogens (primary N) is 1. The lowest BCUT2D eigenvalue weighted by Gasteiger charge is -2.27. The zero-order valence-corrected chi connectivity index (χ0v) is 13.2. The number of carbonyl (C=O) groups is 1. The summed E-state index contributed by atoms with van der Waals surface area (Å²) in [6.07, 6.45) is 3.97. The van der Waals surface area contributed by atoms with E-state index in [1.165, 1.54) is 17.8 Å². The molecule has 6 heteroatoms. The molecular weight excluding hydrogens is 286 g/mol. The third-order valence-corrected chi connectivity index (χ3v) is 4.79. The van der Waals surface area contributed by atoms with Crippen LogP contribution in [0.3, 0.4) is 0 Å². The molecule has 1 aliphatic heterocycles. The first-order chi connectivity index (χ1) is 10.1. The minimum Gasteiger partial charge on any atom is -0.397 e. The van der Waals surface area contributed by atoms with Crippen LogP contribution in [0, 0.1) is 5.92 Å². The fourth-order valence-corrected chi connectivity index (χ4v) is 3.40. The molecule has 1 saturated heterocycles. The Morgan fingerprint density at radius 2 is 2.52 bits per heavy atom. The third-order valence-electron chi connectivity index (χ3n) is 3.52. The van der Waals surface area contributed by atoms with Crippen LogP contribution in [0.1, 0.15) is 22.5 Å². The number of amides is 1. The van der Waals surface area contributed by atoms with Gasteiger partial charge in [-0.15, -0.1) is 17.9 Å². The van der Waals surface area contributed by atoms with E-state index in [-0.39, 0.29) is 5.91 Å². The molecule has 1 aromatic heterocycles. The number of thiophene rings is 1. The summed E-state index contributed by atoms with van der Waals surface area (Å²) in [5, 5.41) is 3.77. The van der Waals surface area contributed by atoms with Crippen LogP contribution in [-0.4, -0.2) is 39.3 Å². The second-order valence-corrected chi connectivity index (χ2v) is 6.36. The summed E-state index contributed by atoms with van der Waals surface area (Å²) >= 11 is 1.43. The molecule has 1 unspecified atom stereocenters. The van der Waals surface area contributed by atoms with Crippen LogP contribution < -0.4 is 16.0 Å².